The van der Waals surface area contributed by atoms with E-state index >= 15 is 0 Å². The van der Waals surface area contributed by atoms with Crippen LogP contribution in [0, 0.1) is 21.4 Å². The third-order valence-electron chi connectivity index (χ3n) is 3.41. The molecule has 0 heterocycles. The molecule has 0 radical (unpaired) electrons. The van der Waals surface area contributed by atoms with Gasteiger partial charge in [-0.15, -0.1) is 0 Å². The molecule has 1 amide bonds. The predicted octanol–water partition coefficient (Wildman–Crippen LogP) is 2.84. The van der Waals surface area contributed by atoms with Crippen molar-refractivity contribution in [3.05, 3.63) is 76.0 Å². The van der Waals surface area contributed by atoms with Crippen molar-refractivity contribution in [2.45, 2.75) is 0 Å². The molecule has 0 aromatic heterocycles. The number of non-ortho nitro benzene ring substituents is 1. The van der Waals surface area contributed by atoms with E-state index < -0.39 is 16.8 Å². The summed E-state index contributed by atoms with van der Waals surface area (Å²) in [6.45, 7) is 0. The number of nitrogens with zero attached hydrogens (tertiary/aromatic N) is 2. The third kappa shape index (κ3) is 4.90. The molecule has 0 fully saturated rings. The van der Waals surface area contributed by atoms with E-state index in [4.69, 9.17) is 0 Å². The number of nitro groups is 1. The van der Waals surface area contributed by atoms with Crippen LogP contribution in [0.3, 0.4) is 0 Å². The minimum atomic E-state index is -0.733. The molecule has 136 valence electrons. The van der Waals surface area contributed by atoms with Crippen LogP contribution in [-0.2, 0) is 9.53 Å². The molecule has 2 aromatic rings. The second kappa shape index (κ2) is 8.77. The molecule has 2 rings (SSSR count). The van der Waals surface area contributed by atoms with Gasteiger partial charge in [0.05, 0.1) is 23.3 Å². The van der Waals surface area contributed by atoms with Crippen LogP contribution in [0.15, 0.2) is 60.3 Å². The zero-order chi connectivity index (χ0) is 19.8. The Hall–Kier alpha value is -4.19. The molecule has 0 spiro atoms. The van der Waals surface area contributed by atoms with Gasteiger partial charge < -0.3 is 15.4 Å². The monoisotopic (exact) mass is 366 g/mol. The second-order valence-electron chi connectivity index (χ2n) is 5.11. The number of benzene rings is 2. The van der Waals surface area contributed by atoms with E-state index in [-0.39, 0.29) is 22.5 Å². The van der Waals surface area contributed by atoms with E-state index in [1.165, 1.54) is 43.5 Å². The van der Waals surface area contributed by atoms with Crippen molar-refractivity contribution in [2.24, 2.45) is 0 Å². The van der Waals surface area contributed by atoms with E-state index in [1.54, 1.807) is 18.2 Å². The Morgan fingerprint density at radius 2 is 1.85 bits per heavy atom. The molecule has 0 aliphatic heterocycles. The van der Waals surface area contributed by atoms with Crippen molar-refractivity contribution in [3.8, 4) is 6.07 Å². The standard InChI is InChI=1S/C18H14N4O5/c1-27-18(24)15-4-2-3-5-16(15)21-17(23)12(10-19)11-20-13-6-8-14(9-7-13)22(25)26/h2-9,11,20H,1H3,(H,21,23)/b12-11-. The number of nitriles is 1. The highest BCUT2D eigenvalue weighted by Gasteiger charge is 2.15. The summed E-state index contributed by atoms with van der Waals surface area (Å²) in [6, 6.07) is 13.4. The van der Waals surface area contributed by atoms with Gasteiger partial charge in [0.25, 0.3) is 11.6 Å². The number of ether oxygens (including phenoxy) is 1. The van der Waals surface area contributed by atoms with E-state index in [9.17, 15) is 25.0 Å². The lowest BCUT2D eigenvalue weighted by molar-refractivity contribution is -0.384. The van der Waals surface area contributed by atoms with Crippen molar-refractivity contribution >= 4 is 28.9 Å². The fraction of sp³-hybridized carbons (Fsp3) is 0.0556. The van der Waals surface area contributed by atoms with Gasteiger partial charge in [0.1, 0.15) is 11.6 Å². The summed E-state index contributed by atoms with van der Waals surface area (Å²) in [5, 5.41) is 25.0. The fourth-order valence-corrected chi connectivity index (χ4v) is 2.05. The van der Waals surface area contributed by atoms with E-state index in [0.29, 0.717) is 5.69 Å². The Balaban J connectivity index is 2.14. The number of nitrogens with one attached hydrogen (secondary N) is 2. The van der Waals surface area contributed by atoms with Gasteiger partial charge >= 0.3 is 5.97 Å². The lowest BCUT2D eigenvalue weighted by Gasteiger charge is -2.09. The van der Waals surface area contributed by atoms with Crippen LogP contribution < -0.4 is 10.6 Å². The van der Waals surface area contributed by atoms with E-state index in [1.807, 2.05) is 0 Å². The maximum atomic E-state index is 12.3. The summed E-state index contributed by atoms with van der Waals surface area (Å²) in [5.41, 5.74) is 0.464. The van der Waals surface area contributed by atoms with Gasteiger partial charge in [0, 0.05) is 24.0 Å². The average Bonchev–Trinajstić information content (AvgIpc) is 2.68. The van der Waals surface area contributed by atoms with Gasteiger partial charge in [-0.2, -0.15) is 5.26 Å². The van der Waals surface area contributed by atoms with Crippen LogP contribution in [0.4, 0.5) is 17.1 Å². The van der Waals surface area contributed by atoms with Crippen LogP contribution in [0.25, 0.3) is 0 Å². The van der Waals surface area contributed by atoms with Gasteiger partial charge in [-0.1, -0.05) is 12.1 Å². The van der Waals surface area contributed by atoms with Crippen LogP contribution in [0.2, 0.25) is 0 Å². The molecule has 2 N–H and O–H groups in total. The zero-order valence-corrected chi connectivity index (χ0v) is 14.1. The minimum absolute atomic E-state index is 0.0813. The summed E-state index contributed by atoms with van der Waals surface area (Å²) in [7, 11) is 1.22. The molecule has 0 saturated carbocycles. The van der Waals surface area contributed by atoms with Crippen LogP contribution in [0.1, 0.15) is 10.4 Å². The number of amides is 1. The van der Waals surface area contributed by atoms with Gasteiger partial charge in [-0.3, -0.25) is 14.9 Å². The van der Waals surface area contributed by atoms with Gasteiger partial charge in [0.2, 0.25) is 0 Å². The van der Waals surface area contributed by atoms with Crippen molar-refractivity contribution < 1.29 is 19.2 Å². The van der Waals surface area contributed by atoms with E-state index in [2.05, 4.69) is 15.4 Å². The molecule has 0 unspecified atom stereocenters. The number of nitro benzene ring substituents is 1. The van der Waals surface area contributed by atoms with Crippen molar-refractivity contribution in [1.29, 1.82) is 5.26 Å². The normalized spacial score (nSPS) is 10.4. The summed E-state index contributed by atoms with van der Waals surface area (Å²) >= 11 is 0. The first-order chi connectivity index (χ1) is 13.0. The highest BCUT2D eigenvalue weighted by atomic mass is 16.6. The molecule has 0 aliphatic rings. The molecule has 27 heavy (non-hydrogen) atoms. The van der Waals surface area contributed by atoms with Gasteiger partial charge in [0.15, 0.2) is 0 Å². The first-order valence-electron chi connectivity index (χ1n) is 7.56. The predicted molar refractivity (Wildman–Crippen MR) is 96.8 cm³/mol. The first-order valence-corrected chi connectivity index (χ1v) is 7.56. The quantitative estimate of drug-likeness (QED) is 0.264. The average molecular weight is 366 g/mol. The number of para-hydroxylation sites is 1. The summed E-state index contributed by atoms with van der Waals surface area (Å²) in [5.74, 6) is -1.36. The number of hydrogen-bond donors (Lipinski definition) is 2. The number of rotatable bonds is 6. The number of carbonyl (C=O) groups is 2. The van der Waals surface area contributed by atoms with Gasteiger partial charge in [-0.25, -0.2) is 4.79 Å². The zero-order valence-electron chi connectivity index (χ0n) is 14.1. The molecule has 0 saturated heterocycles. The number of hydrogen-bond acceptors (Lipinski definition) is 7. The SMILES string of the molecule is COC(=O)c1ccccc1NC(=O)/C(C#N)=C\Nc1ccc([N+](=O)[O-])cc1. The van der Waals surface area contributed by atoms with Crippen molar-refractivity contribution in [2.75, 3.05) is 17.7 Å². The number of methoxy groups -OCH3 is 1. The second-order valence-corrected chi connectivity index (χ2v) is 5.11. The lowest BCUT2D eigenvalue weighted by Crippen LogP contribution is -2.17. The smallest absolute Gasteiger partial charge is 0.339 e. The molecule has 0 aliphatic carbocycles. The number of esters is 1. The molecule has 9 heteroatoms. The number of carbonyl (C=O) groups excluding carboxylic acids is 2. The first kappa shape index (κ1) is 19.1. The molecular weight excluding hydrogens is 352 g/mol. The highest BCUT2D eigenvalue weighted by Crippen LogP contribution is 2.18. The molecular formula is C18H14N4O5. The van der Waals surface area contributed by atoms with Crippen LogP contribution >= 0.6 is 0 Å². The maximum absolute atomic E-state index is 12.3. The van der Waals surface area contributed by atoms with Gasteiger partial charge in [-0.05, 0) is 24.3 Å². The molecule has 9 nitrogen and oxygen atoms in total. The fourth-order valence-electron chi connectivity index (χ4n) is 2.05. The molecule has 0 atom stereocenters. The summed E-state index contributed by atoms with van der Waals surface area (Å²) in [4.78, 5) is 34.1. The Labute approximate surface area is 154 Å². The minimum Gasteiger partial charge on any atom is -0.465 e. The highest BCUT2D eigenvalue weighted by molar-refractivity contribution is 6.09. The van der Waals surface area contributed by atoms with E-state index in [0.717, 1.165) is 6.20 Å². The largest absolute Gasteiger partial charge is 0.465 e. The lowest BCUT2D eigenvalue weighted by atomic mass is 10.1. The topological polar surface area (TPSA) is 134 Å². The van der Waals surface area contributed by atoms with Crippen molar-refractivity contribution in [1.82, 2.24) is 0 Å². The Morgan fingerprint density at radius 3 is 2.44 bits per heavy atom. The number of anilines is 2. The Bertz CT molecular complexity index is 945. The van der Waals surface area contributed by atoms with Crippen LogP contribution in [0.5, 0.6) is 0 Å². The maximum Gasteiger partial charge on any atom is 0.339 e. The third-order valence-corrected chi connectivity index (χ3v) is 3.41. The molecule has 0 bridgehead atoms. The van der Waals surface area contributed by atoms with Crippen molar-refractivity contribution in [3.63, 3.8) is 0 Å². The summed E-state index contributed by atoms with van der Waals surface area (Å²) in [6.07, 6.45) is 1.16. The van der Waals surface area contributed by atoms with Crippen LogP contribution in [-0.4, -0.2) is 23.9 Å². The Kier molecular flexibility index (Phi) is 6.22. The Morgan fingerprint density at radius 1 is 1.19 bits per heavy atom. The summed E-state index contributed by atoms with van der Waals surface area (Å²) < 4.78 is 4.65. The molecule has 2 aromatic carbocycles.